The number of aliphatic hydroxyl groups is 1. The Bertz CT molecular complexity index is 1260. The van der Waals surface area contributed by atoms with Gasteiger partial charge in [0.2, 0.25) is 0 Å². The Hall–Kier alpha value is -3.58. The van der Waals surface area contributed by atoms with Gasteiger partial charge in [0.15, 0.2) is 11.5 Å². The highest BCUT2D eigenvalue weighted by molar-refractivity contribution is 5.99. The summed E-state index contributed by atoms with van der Waals surface area (Å²) in [6, 6.07) is 5.80. The Kier molecular flexibility index (Phi) is 5.01. The standard InChI is InChI=1S/C23H24FN7O2/c1-23(2,33)18(24)11-28-22(32)16-10-26-19(6-17(16)30-20-13-4-14(20)5-13)31-21-15(9-29-31)3-12(7-25)8-27-21/h3,6,8-10,13-14,18,20,33H,4-5,11H2,1-2H3,(H,26,30)(H,28,32). The molecule has 3 heterocycles. The molecule has 1 amide bonds. The number of amides is 1. The van der Waals surface area contributed by atoms with Crippen molar-refractivity contribution in [2.45, 2.75) is 44.5 Å². The minimum atomic E-state index is -1.61. The number of alkyl halides is 1. The molecule has 1 unspecified atom stereocenters. The molecule has 2 bridgehead atoms. The van der Waals surface area contributed by atoms with Gasteiger partial charge in [-0.15, -0.1) is 0 Å². The first-order valence-electron chi connectivity index (χ1n) is 10.9. The Morgan fingerprint density at radius 3 is 2.70 bits per heavy atom. The first-order chi connectivity index (χ1) is 15.7. The van der Waals surface area contributed by atoms with Crippen molar-refractivity contribution in [3.8, 4) is 11.9 Å². The summed E-state index contributed by atoms with van der Waals surface area (Å²) < 4.78 is 15.7. The number of aromatic nitrogens is 4. The summed E-state index contributed by atoms with van der Waals surface area (Å²) in [6.45, 7) is 2.41. The molecule has 3 N–H and O–H groups in total. The van der Waals surface area contributed by atoms with Crippen LogP contribution in [0.5, 0.6) is 0 Å². The number of carbonyl (C=O) groups excluding carboxylic acids is 1. The second-order valence-corrected chi connectivity index (χ2v) is 9.39. The molecule has 0 aliphatic heterocycles. The average molecular weight is 449 g/mol. The van der Waals surface area contributed by atoms with Crippen LogP contribution in [-0.4, -0.2) is 55.1 Å². The Balaban J connectivity index is 1.45. The number of halogens is 1. The molecular weight excluding hydrogens is 425 g/mol. The summed E-state index contributed by atoms with van der Waals surface area (Å²) in [5.41, 5.74) is 0.313. The third-order valence-electron chi connectivity index (χ3n) is 6.65. The number of anilines is 1. The van der Waals surface area contributed by atoms with E-state index in [0.717, 1.165) is 0 Å². The molecule has 170 valence electrons. The first kappa shape index (κ1) is 21.3. The van der Waals surface area contributed by atoms with Crippen molar-refractivity contribution in [1.82, 2.24) is 25.1 Å². The van der Waals surface area contributed by atoms with Gasteiger partial charge < -0.3 is 15.7 Å². The molecule has 33 heavy (non-hydrogen) atoms. The van der Waals surface area contributed by atoms with Crippen LogP contribution in [0.1, 0.15) is 42.6 Å². The zero-order chi connectivity index (χ0) is 23.3. The Morgan fingerprint density at radius 1 is 1.30 bits per heavy atom. The van der Waals surface area contributed by atoms with Crippen LogP contribution in [0.25, 0.3) is 16.9 Å². The molecule has 0 saturated heterocycles. The van der Waals surface area contributed by atoms with Gasteiger partial charge >= 0.3 is 0 Å². The molecule has 3 saturated carbocycles. The second-order valence-electron chi connectivity index (χ2n) is 9.39. The molecule has 0 aromatic carbocycles. The van der Waals surface area contributed by atoms with E-state index < -0.39 is 17.7 Å². The van der Waals surface area contributed by atoms with Crippen LogP contribution in [0.4, 0.5) is 10.1 Å². The number of hydrogen-bond acceptors (Lipinski definition) is 7. The summed E-state index contributed by atoms with van der Waals surface area (Å²) in [4.78, 5) is 21.6. The number of hydrogen-bond donors (Lipinski definition) is 3. The Morgan fingerprint density at radius 2 is 2.06 bits per heavy atom. The van der Waals surface area contributed by atoms with E-state index in [1.165, 1.54) is 39.1 Å². The summed E-state index contributed by atoms with van der Waals surface area (Å²) in [6.07, 6.45) is 5.30. The maximum Gasteiger partial charge on any atom is 0.255 e. The average Bonchev–Trinajstić information content (AvgIpc) is 3.16. The molecular formula is C23H24FN7O2. The topological polar surface area (TPSA) is 129 Å². The van der Waals surface area contributed by atoms with Crippen molar-refractivity contribution in [1.29, 1.82) is 5.26 Å². The van der Waals surface area contributed by atoms with Crippen LogP contribution >= 0.6 is 0 Å². The number of rotatable bonds is 7. The Labute approximate surface area is 189 Å². The quantitative estimate of drug-likeness (QED) is 0.505. The SMILES string of the molecule is CC(C)(O)C(F)CNC(=O)c1cnc(-n2ncc3cc(C#N)cnc32)cc1NC1C2CC1C2. The number of pyridine rings is 2. The van der Waals surface area contributed by atoms with Crippen molar-refractivity contribution in [3.63, 3.8) is 0 Å². The summed E-state index contributed by atoms with van der Waals surface area (Å²) >= 11 is 0. The van der Waals surface area contributed by atoms with Crippen molar-refractivity contribution in [2.75, 3.05) is 11.9 Å². The van der Waals surface area contributed by atoms with Crippen LogP contribution in [-0.2, 0) is 0 Å². The monoisotopic (exact) mass is 449 g/mol. The summed E-state index contributed by atoms with van der Waals surface area (Å²) in [5, 5.41) is 30.0. The van der Waals surface area contributed by atoms with E-state index in [1.807, 2.05) is 0 Å². The van der Waals surface area contributed by atoms with E-state index in [4.69, 9.17) is 5.26 Å². The molecule has 3 aromatic heterocycles. The molecule has 10 heteroatoms. The third-order valence-corrected chi connectivity index (χ3v) is 6.65. The highest BCUT2D eigenvalue weighted by Crippen LogP contribution is 2.54. The van der Waals surface area contributed by atoms with Gasteiger partial charge in [-0.3, -0.25) is 4.79 Å². The van der Waals surface area contributed by atoms with E-state index in [-0.39, 0.29) is 6.54 Å². The molecule has 3 aromatic rings. The van der Waals surface area contributed by atoms with E-state index >= 15 is 0 Å². The maximum absolute atomic E-state index is 14.1. The predicted octanol–water partition coefficient (Wildman–Crippen LogP) is 2.35. The molecule has 9 nitrogen and oxygen atoms in total. The lowest BCUT2D eigenvalue weighted by Gasteiger charge is -2.58. The van der Waals surface area contributed by atoms with Crippen LogP contribution in [0.2, 0.25) is 0 Å². The fraction of sp³-hybridized carbons (Fsp3) is 0.435. The van der Waals surface area contributed by atoms with Crippen molar-refractivity contribution < 1.29 is 14.3 Å². The van der Waals surface area contributed by atoms with E-state index in [1.54, 1.807) is 23.0 Å². The van der Waals surface area contributed by atoms with Crippen LogP contribution in [0, 0.1) is 23.2 Å². The number of carbonyl (C=O) groups is 1. The van der Waals surface area contributed by atoms with Gasteiger partial charge in [0, 0.05) is 29.9 Å². The van der Waals surface area contributed by atoms with Crippen LogP contribution < -0.4 is 10.6 Å². The fourth-order valence-electron chi connectivity index (χ4n) is 4.24. The van der Waals surface area contributed by atoms with Crippen molar-refractivity contribution in [2.24, 2.45) is 11.8 Å². The zero-order valence-electron chi connectivity index (χ0n) is 18.3. The number of nitrogens with zero attached hydrogens (tertiary/aromatic N) is 5. The lowest BCUT2D eigenvalue weighted by atomic mass is 9.52. The van der Waals surface area contributed by atoms with Gasteiger partial charge in [0.1, 0.15) is 12.2 Å². The molecule has 6 rings (SSSR count). The van der Waals surface area contributed by atoms with Gasteiger partial charge in [-0.1, -0.05) is 0 Å². The lowest BCUT2D eigenvalue weighted by molar-refractivity contribution is -0.00401. The van der Waals surface area contributed by atoms with E-state index in [9.17, 15) is 14.3 Å². The summed E-state index contributed by atoms with van der Waals surface area (Å²) in [5.74, 6) is 1.20. The maximum atomic E-state index is 14.1. The van der Waals surface area contributed by atoms with Gasteiger partial charge in [-0.05, 0) is 44.6 Å². The highest BCUT2D eigenvalue weighted by atomic mass is 19.1. The molecule has 3 aliphatic rings. The highest BCUT2D eigenvalue weighted by Gasteiger charge is 2.52. The molecule has 0 spiro atoms. The normalized spacial score (nSPS) is 22.1. The molecule has 0 radical (unpaired) electrons. The van der Waals surface area contributed by atoms with Crippen molar-refractivity contribution >= 4 is 22.6 Å². The molecule has 3 aliphatic carbocycles. The van der Waals surface area contributed by atoms with Gasteiger partial charge in [0.25, 0.3) is 5.91 Å². The third kappa shape index (κ3) is 3.78. The van der Waals surface area contributed by atoms with Crippen molar-refractivity contribution in [3.05, 3.63) is 41.9 Å². The smallest absolute Gasteiger partial charge is 0.255 e. The minimum Gasteiger partial charge on any atom is -0.387 e. The summed E-state index contributed by atoms with van der Waals surface area (Å²) in [7, 11) is 0. The number of nitrogens with one attached hydrogen (secondary N) is 2. The van der Waals surface area contributed by atoms with Crippen LogP contribution in [0.15, 0.2) is 30.7 Å². The first-order valence-corrected chi connectivity index (χ1v) is 10.9. The van der Waals surface area contributed by atoms with E-state index in [2.05, 4.69) is 31.8 Å². The lowest BCUT2D eigenvalue weighted by Crippen LogP contribution is -2.59. The zero-order valence-corrected chi connectivity index (χ0v) is 18.3. The van der Waals surface area contributed by atoms with Gasteiger partial charge in [-0.25, -0.2) is 14.4 Å². The number of nitriles is 1. The fourth-order valence-corrected chi connectivity index (χ4v) is 4.24. The number of fused-ring (bicyclic) bond motifs is 1. The second kappa shape index (κ2) is 7.78. The minimum absolute atomic E-state index is 0.296. The van der Waals surface area contributed by atoms with Gasteiger partial charge in [0.05, 0.1) is 35.2 Å². The van der Waals surface area contributed by atoms with E-state index in [0.29, 0.717) is 51.5 Å². The molecule has 3 fully saturated rings. The largest absolute Gasteiger partial charge is 0.387 e. The predicted molar refractivity (Wildman–Crippen MR) is 119 cm³/mol. The molecule has 1 atom stereocenters. The van der Waals surface area contributed by atoms with Gasteiger partial charge in [-0.2, -0.15) is 15.0 Å². The van der Waals surface area contributed by atoms with Crippen LogP contribution in [0.3, 0.4) is 0 Å².